The maximum Gasteiger partial charge on any atom is 0.233 e. The van der Waals surface area contributed by atoms with E-state index in [1.807, 2.05) is 12.3 Å². The minimum Gasteiger partial charge on any atom is -0.492 e. The summed E-state index contributed by atoms with van der Waals surface area (Å²) in [6, 6.07) is 0. The number of aromatic nitrogens is 2. The topological polar surface area (TPSA) is 63.1 Å². The lowest BCUT2D eigenvalue weighted by Crippen LogP contribution is -1.85. The first-order valence-corrected chi connectivity index (χ1v) is 5.91. The minimum absolute atomic E-state index is 0.178. The van der Waals surface area contributed by atoms with E-state index in [1.165, 1.54) is 29.6 Å². The molecule has 0 spiro atoms. The molecule has 78 valence electrons. The standard InChI is InChI=1S/C9H8N2O2S2/c1-4(12)7-8(13)11-9(15-7)6-3-14-5(2)10-6/h3,13H,1-2H3. The fourth-order valence-electron chi connectivity index (χ4n) is 1.11. The van der Waals surface area contributed by atoms with Crippen molar-refractivity contribution in [1.29, 1.82) is 0 Å². The Bertz CT molecular complexity index is 516. The number of Topliss-reactive ketones (excluding diaryl/α,β-unsaturated/α-hetero) is 1. The van der Waals surface area contributed by atoms with Gasteiger partial charge in [-0.3, -0.25) is 4.79 Å². The molecule has 0 fully saturated rings. The van der Waals surface area contributed by atoms with Crippen molar-refractivity contribution in [2.75, 3.05) is 0 Å². The molecule has 2 aromatic heterocycles. The van der Waals surface area contributed by atoms with Gasteiger partial charge in [0.2, 0.25) is 5.88 Å². The van der Waals surface area contributed by atoms with E-state index in [2.05, 4.69) is 9.97 Å². The summed E-state index contributed by atoms with van der Waals surface area (Å²) in [4.78, 5) is 19.5. The second kappa shape index (κ2) is 3.71. The molecule has 0 atom stereocenters. The van der Waals surface area contributed by atoms with Crippen LogP contribution in [-0.2, 0) is 0 Å². The van der Waals surface area contributed by atoms with Crippen LogP contribution in [0.1, 0.15) is 21.6 Å². The van der Waals surface area contributed by atoms with E-state index in [0.29, 0.717) is 10.7 Å². The Morgan fingerprint density at radius 1 is 1.47 bits per heavy atom. The SMILES string of the molecule is CC(=O)c1sc(-c2csc(C)n2)nc1O. The summed E-state index contributed by atoms with van der Waals surface area (Å²) in [5.41, 5.74) is 0.713. The summed E-state index contributed by atoms with van der Waals surface area (Å²) in [6.07, 6.45) is 0. The molecule has 0 aliphatic heterocycles. The van der Waals surface area contributed by atoms with Crippen LogP contribution < -0.4 is 0 Å². The predicted molar refractivity (Wildman–Crippen MR) is 59.6 cm³/mol. The van der Waals surface area contributed by atoms with E-state index < -0.39 is 0 Å². The van der Waals surface area contributed by atoms with Crippen LogP contribution >= 0.6 is 22.7 Å². The molecule has 15 heavy (non-hydrogen) atoms. The van der Waals surface area contributed by atoms with Gasteiger partial charge in [0.1, 0.15) is 15.6 Å². The van der Waals surface area contributed by atoms with Gasteiger partial charge < -0.3 is 5.11 Å². The van der Waals surface area contributed by atoms with Crippen LogP contribution in [0.25, 0.3) is 10.7 Å². The summed E-state index contributed by atoms with van der Waals surface area (Å²) in [7, 11) is 0. The van der Waals surface area contributed by atoms with Gasteiger partial charge in [0.15, 0.2) is 5.78 Å². The summed E-state index contributed by atoms with van der Waals surface area (Å²) >= 11 is 2.68. The van der Waals surface area contributed by atoms with E-state index in [4.69, 9.17) is 0 Å². The summed E-state index contributed by atoms with van der Waals surface area (Å²) < 4.78 is 0. The lowest BCUT2D eigenvalue weighted by Gasteiger charge is -1.85. The quantitative estimate of drug-likeness (QED) is 0.819. The predicted octanol–water partition coefficient (Wildman–Crippen LogP) is 2.48. The fraction of sp³-hybridized carbons (Fsp3) is 0.222. The molecule has 1 N–H and O–H groups in total. The first-order valence-electron chi connectivity index (χ1n) is 4.21. The van der Waals surface area contributed by atoms with E-state index in [-0.39, 0.29) is 16.5 Å². The van der Waals surface area contributed by atoms with Gasteiger partial charge in [0.05, 0.1) is 5.01 Å². The zero-order chi connectivity index (χ0) is 11.0. The molecule has 2 aromatic rings. The Morgan fingerprint density at radius 2 is 2.20 bits per heavy atom. The molecular formula is C9H8N2O2S2. The zero-order valence-electron chi connectivity index (χ0n) is 8.14. The number of thiazole rings is 2. The smallest absolute Gasteiger partial charge is 0.233 e. The van der Waals surface area contributed by atoms with Crippen LogP contribution in [0.3, 0.4) is 0 Å². The zero-order valence-corrected chi connectivity index (χ0v) is 9.78. The largest absolute Gasteiger partial charge is 0.492 e. The lowest BCUT2D eigenvalue weighted by molar-refractivity contribution is 0.101. The number of ketones is 1. The molecule has 0 aliphatic carbocycles. The molecule has 2 rings (SSSR count). The normalized spacial score (nSPS) is 10.5. The molecule has 4 nitrogen and oxygen atoms in total. The van der Waals surface area contributed by atoms with E-state index in [0.717, 1.165) is 5.01 Å². The monoisotopic (exact) mass is 240 g/mol. The number of aromatic hydroxyl groups is 1. The highest BCUT2D eigenvalue weighted by molar-refractivity contribution is 7.17. The molecule has 0 aromatic carbocycles. The Balaban J connectivity index is 2.46. The third-order valence-corrected chi connectivity index (χ3v) is 3.71. The average Bonchev–Trinajstić information content (AvgIpc) is 2.71. The molecule has 0 amide bonds. The van der Waals surface area contributed by atoms with E-state index in [9.17, 15) is 9.90 Å². The molecule has 0 unspecified atom stereocenters. The summed E-state index contributed by atoms with van der Waals surface area (Å²) in [6.45, 7) is 3.30. The van der Waals surface area contributed by atoms with Gasteiger partial charge in [-0.15, -0.1) is 22.7 Å². The number of nitrogens with zero attached hydrogens (tertiary/aromatic N) is 2. The highest BCUT2D eigenvalue weighted by Gasteiger charge is 2.16. The van der Waals surface area contributed by atoms with Crippen molar-refractivity contribution in [2.24, 2.45) is 0 Å². The van der Waals surface area contributed by atoms with E-state index in [1.54, 1.807) is 0 Å². The number of aryl methyl sites for hydroxylation is 1. The second-order valence-electron chi connectivity index (χ2n) is 2.98. The maximum absolute atomic E-state index is 11.1. The first kappa shape index (κ1) is 10.3. The van der Waals surface area contributed by atoms with Crippen molar-refractivity contribution in [1.82, 2.24) is 9.97 Å². The van der Waals surface area contributed by atoms with E-state index >= 15 is 0 Å². The molecule has 2 heterocycles. The van der Waals surface area contributed by atoms with Crippen molar-refractivity contribution >= 4 is 28.5 Å². The van der Waals surface area contributed by atoms with Gasteiger partial charge in [-0.05, 0) is 6.92 Å². The highest BCUT2D eigenvalue weighted by Crippen LogP contribution is 2.32. The molecular weight excluding hydrogens is 232 g/mol. The summed E-state index contributed by atoms with van der Waals surface area (Å²) in [5, 5.41) is 12.8. The van der Waals surface area contributed by atoms with Crippen LogP contribution in [0.15, 0.2) is 5.38 Å². The van der Waals surface area contributed by atoms with Crippen molar-refractivity contribution < 1.29 is 9.90 Å². The number of carbonyl (C=O) groups excluding carboxylic acids is 1. The van der Waals surface area contributed by atoms with Crippen molar-refractivity contribution in [3.8, 4) is 16.6 Å². The second-order valence-corrected chi connectivity index (χ2v) is 5.04. The van der Waals surface area contributed by atoms with Crippen LogP contribution in [0, 0.1) is 6.92 Å². The van der Waals surface area contributed by atoms with Crippen LogP contribution in [0.5, 0.6) is 5.88 Å². The Morgan fingerprint density at radius 3 is 2.67 bits per heavy atom. The number of hydrogen-bond acceptors (Lipinski definition) is 6. The molecule has 0 saturated carbocycles. The van der Waals surface area contributed by atoms with Gasteiger partial charge in [-0.1, -0.05) is 0 Å². The van der Waals surface area contributed by atoms with Gasteiger partial charge in [-0.25, -0.2) is 4.98 Å². The molecule has 6 heteroatoms. The summed E-state index contributed by atoms with van der Waals surface area (Å²) in [5.74, 6) is -0.378. The molecule has 0 radical (unpaired) electrons. The Kier molecular flexibility index (Phi) is 2.54. The minimum atomic E-state index is -0.201. The van der Waals surface area contributed by atoms with Gasteiger partial charge >= 0.3 is 0 Å². The maximum atomic E-state index is 11.1. The first-order chi connectivity index (χ1) is 7.08. The van der Waals surface area contributed by atoms with Crippen LogP contribution in [-0.4, -0.2) is 20.9 Å². The molecule has 0 bridgehead atoms. The van der Waals surface area contributed by atoms with Gasteiger partial charge in [0, 0.05) is 12.3 Å². The van der Waals surface area contributed by atoms with Crippen molar-refractivity contribution in [3.63, 3.8) is 0 Å². The van der Waals surface area contributed by atoms with Crippen molar-refractivity contribution in [3.05, 3.63) is 15.3 Å². The third kappa shape index (κ3) is 1.91. The molecule has 0 saturated heterocycles. The fourth-order valence-corrected chi connectivity index (χ4v) is 2.60. The average molecular weight is 240 g/mol. The van der Waals surface area contributed by atoms with Gasteiger partial charge in [0.25, 0.3) is 0 Å². The lowest BCUT2D eigenvalue weighted by atomic mass is 10.4. The van der Waals surface area contributed by atoms with Crippen molar-refractivity contribution in [2.45, 2.75) is 13.8 Å². The number of rotatable bonds is 2. The number of carbonyl (C=O) groups is 1. The highest BCUT2D eigenvalue weighted by atomic mass is 32.1. The van der Waals surface area contributed by atoms with Gasteiger partial charge in [-0.2, -0.15) is 4.98 Å². The number of hydrogen-bond donors (Lipinski definition) is 1. The Hall–Kier alpha value is -1.27. The van der Waals surface area contributed by atoms with Crippen LogP contribution in [0.4, 0.5) is 0 Å². The Labute approximate surface area is 94.3 Å². The third-order valence-electron chi connectivity index (χ3n) is 1.77. The van der Waals surface area contributed by atoms with Crippen LogP contribution in [0.2, 0.25) is 0 Å². The molecule has 0 aliphatic rings.